The predicted molar refractivity (Wildman–Crippen MR) is 128 cm³/mol. The van der Waals surface area contributed by atoms with Crippen molar-refractivity contribution < 1.29 is 32.6 Å². The number of hydrogen-bond donors (Lipinski definition) is 0. The van der Waals surface area contributed by atoms with Crippen LogP contribution in [0.5, 0.6) is 11.6 Å². The highest BCUT2D eigenvalue weighted by atomic mass is 35.5. The van der Waals surface area contributed by atoms with Crippen molar-refractivity contribution >= 4 is 35.3 Å². The van der Waals surface area contributed by atoms with Crippen LogP contribution in [0, 0.1) is 11.6 Å². The highest BCUT2D eigenvalue weighted by Gasteiger charge is 2.17. The molecule has 3 aromatic rings. The molecule has 2 aromatic heterocycles. The van der Waals surface area contributed by atoms with Gasteiger partial charge in [0.15, 0.2) is 0 Å². The van der Waals surface area contributed by atoms with Crippen molar-refractivity contribution in [3.8, 4) is 11.6 Å². The van der Waals surface area contributed by atoms with E-state index in [9.17, 15) is 18.4 Å². The van der Waals surface area contributed by atoms with Crippen LogP contribution in [0.15, 0.2) is 53.7 Å². The van der Waals surface area contributed by atoms with Crippen LogP contribution in [0.2, 0.25) is 5.15 Å². The maximum absolute atomic E-state index is 13.3. The van der Waals surface area contributed by atoms with Gasteiger partial charge in [0.2, 0.25) is 5.88 Å². The van der Waals surface area contributed by atoms with Crippen LogP contribution in [0.4, 0.5) is 8.78 Å². The van der Waals surface area contributed by atoms with Gasteiger partial charge >= 0.3 is 11.9 Å². The molecule has 0 saturated heterocycles. The molecule has 0 aliphatic carbocycles. The van der Waals surface area contributed by atoms with Gasteiger partial charge in [-0.15, -0.1) is 11.8 Å². The van der Waals surface area contributed by atoms with Crippen molar-refractivity contribution in [2.45, 2.75) is 25.7 Å². The molecule has 0 aliphatic rings. The Bertz CT molecular complexity index is 1170. The first-order chi connectivity index (χ1) is 16.8. The highest BCUT2D eigenvalue weighted by Crippen LogP contribution is 2.28. The Hall–Kier alpha value is -3.24. The third-order valence-electron chi connectivity index (χ3n) is 3.95. The Kier molecular flexibility index (Phi) is 11.4. The normalized spacial score (nSPS) is 10.1. The average molecular weight is 525 g/mol. The molecule has 0 bridgehead atoms. The van der Waals surface area contributed by atoms with E-state index in [2.05, 4.69) is 21.6 Å². The summed E-state index contributed by atoms with van der Waals surface area (Å²) < 4.78 is 41.1. The molecule has 1 aromatic carbocycles. The molecule has 11 heteroatoms. The molecule has 35 heavy (non-hydrogen) atoms. The molecule has 0 saturated carbocycles. The van der Waals surface area contributed by atoms with E-state index >= 15 is 0 Å². The third-order valence-corrected chi connectivity index (χ3v) is 5.12. The standard InChI is InChI=1S/C16H16FNO3S.C8H7ClFNO2/c1-3-20-16(19)14-8-11(17)10-18-15(14)21-12-6-5-7-13(9-12)22-4-2;1-2-13-8(12)6-3-5(10)4-11-7(6)9/h5-10H,3-4H2,1-2H3;3-4H,2H2,1H3. The number of thioether (sulfide) groups is 1. The van der Waals surface area contributed by atoms with E-state index in [1.54, 1.807) is 31.7 Å². The Balaban J connectivity index is 0.000000283. The van der Waals surface area contributed by atoms with Crippen molar-refractivity contribution in [2.75, 3.05) is 19.0 Å². The van der Waals surface area contributed by atoms with E-state index in [0.29, 0.717) is 5.75 Å². The average Bonchev–Trinajstić information content (AvgIpc) is 2.83. The monoisotopic (exact) mass is 524 g/mol. The van der Waals surface area contributed by atoms with Gasteiger partial charge in [0.1, 0.15) is 28.1 Å². The number of pyridine rings is 2. The van der Waals surface area contributed by atoms with Gasteiger partial charge in [0.05, 0.1) is 31.2 Å². The molecule has 0 aliphatic heterocycles. The lowest BCUT2D eigenvalue weighted by molar-refractivity contribution is 0.0514. The van der Waals surface area contributed by atoms with Crippen LogP contribution in [0.25, 0.3) is 0 Å². The van der Waals surface area contributed by atoms with Gasteiger partial charge in [0, 0.05) is 4.90 Å². The number of rotatable bonds is 8. The highest BCUT2D eigenvalue weighted by molar-refractivity contribution is 7.99. The van der Waals surface area contributed by atoms with E-state index in [-0.39, 0.29) is 35.4 Å². The van der Waals surface area contributed by atoms with E-state index in [1.807, 2.05) is 18.2 Å². The van der Waals surface area contributed by atoms with E-state index < -0.39 is 23.6 Å². The molecular formula is C24H23ClF2N2O5S. The minimum atomic E-state index is -0.667. The maximum Gasteiger partial charge on any atom is 0.343 e. The molecular weight excluding hydrogens is 502 g/mol. The number of carbonyl (C=O) groups is 2. The molecule has 0 atom stereocenters. The van der Waals surface area contributed by atoms with Crippen LogP contribution in [-0.2, 0) is 9.47 Å². The Labute approximate surface area is 210 Å². The number of hydrogen-bond acceptors (Lipinski definition) is 8. The van der Waals surface area contributed by atoms with Gasteiger partial charge < -0.3 is 14.2 Å². The van der Waals surface area contributed by atoms with Gasteiger partial charge in [-0.05, 0) is 49.9 Å². The van der Waals surface area contributed by atoms with Gasteiger partial charge in [-0.1, -0.05) is 24.6 Å². The predicted octanol–water partition coefficient (Wildman–Crippen LogP) is 6.35. The number of nitrogens with zero attached hydrogens (tertiary/aromatic N) is 2. The second kappa shape index (κ2) is 14.2. The summed E-state index contributed by atoms with van der Waals surface area (Å²) in [5, 5.41) is -0.0557. The third kappa shape index (κ3) is 8.80. The molecule has 0 N–H and O–H groups in total. The minimum absolute atomic E-state index is 0.0264. The summed E-state index contributed by atoms with van der Waals surface area (Å²) in [6.45, 7) is 5.79. The SMILES string of the molecule is CCOC(=O)c1cc(F)cnc1Cl.CCOC(=O)c1cc(F)cnc1Oc1cccc(SCC)c1. The number of halogens is 3. The fourth-order valence-corrected chi connectivity index (χ4v) is 3.43. The fourth-order valence-electron chi connectivity index (χ4n) is 2.54. The van der Waals surface area contributed by atoms with Crippen molar-refractivity contribution in [2.24, 2.45) is 0 Å². The quantitative estimate of drug-likeness (QED) is 0.191. The summed E-state index contributed by atoms with van der Waals surface area (Å²) in [5.74, 6) is -1.07. The lowest BCUT2D eigenvalue weighted by atomic mass is 10.2. The number of ether oxygens (including phenoxy) is 3. The molecule has 3 rings (SSSR count). The largest absolute Gasteiger partial charge is 0.462 e. The molecule has 0 spiro atoms. The number of benzene rings is 1. The number of esters is 2. The van der Waals surface area contributed by atoms with E-state index in [1.165, 1.54) is 0 Å². The van der Waals surface area contributed by atoms with Crippen LogP contribution in [0.1, 0.15) is 41.5 Å². The van der Waals surface area contributed by atoms with Crippen molar-refractivity contribution in [1.82, 2.24) is 9.97 Å². The fraction of sp³-hybridized carbons (Fsp3) is 0.250. The maximum atomic E-state index is 13.3. The van der Waals surface area contributed by atoms with Gasteiger partial charge in [-0.25, -0.2) is 28.3 Å². The molecule has 0 unspecified atom stereocenters. The first kappa shape index (κ1) is 28.0. The summed E-state index contributed by atoms with van der Waals surface area (Å²) in [5.41, 5.74) is -0.0843. The molecule has 0 amide bonds. The summed E-state index contributed by atoms with van der Waals surface area (Å²) in [4.78, 5) is 31.3. The summed E-state index contributed by atoms with van der Waals surface area (Å²) in [6.07, 6.45) is 1.94. The topological polar surface area (TPSA) is 87.6 Å². The second-order valence-electron chi connectivity index (χ2n) is 6.45. The molecule has 0 radical (unpaired) electrons. The van der Waals surface area contributed by atoms with Gasteiger partial charge in [-0.3, -0.25) is 0 Å². The van der Waals surface area contributed by atoms with Gasteiger partial charge in [0.25, 0.3) is 0 Å². The summed E-state index contributed by atoms with van der Waals surface area (Å²) in [6, 6.07) is 9.46. The Morgan fingerprint density at radius 1 is 0.914 bits per heavy atom. The zero-order valence-corrected chi connectivity index (χ0v) is 20.8. The number of aromatic nitrogens is 2. The molecule has 7 nitrogen and oxygen atoms in total. The van der Waals surface area contributed by atoms with E-state index in [0.717, 1.165) is 35.2 Å². The zero-order valence-electron chi connectivity index (χ0n) is 19.2. The van der Waals surface area contributed by atoms with Crippen molar-refractivity contribution in [3.05, 3.63) is 76.7 Å². The Morgan fingerprint density at radius 2 is 1.51 bits per heavy atom. The molecule has 186 valence electrons. The Morgan fingerprint density at radius 3 is 2.14 bits per heavy atom. The first-order valence-corrected chi connectivity index (χ1v) is 11.9. The van der Waals surface area contributed by atoms with Crippen LogP contribution >= 0.6 is 23.4 Å². The van der Waals surface area contributed by atoms with Crippen LogP contribution < -0.4 is 4.74 Å². The smallest absolute Gasteiger partial charge is 0.343 e. The minimum Gasteiger partial charge on any atom is -0.462 e. The lowest BCUT2D eigenvalue weighted by Crippen LogP contribution is -2.08. The van der Waals surface area contributed by atoms with Gasteiger partial charge in [-0.2, -0.15) is 0 Å². The number of carbonyl (C=O) groups excluding carboxylic acids is 2. The van der Waals surface area contributed by atoms with Crippen molar-refractivity contribution in [3.63, 3.8) is 0 Å². The lowest BCUT2D eigenvalue weighted by Gasteiger charge is -2.10. The summed E-state index contributed by atoms with van der Waals surface area (Å²) >= 11 is 7.22. The second-order valence-corrected chi connectivity index (χ2v) is 8.14. The van der Waals surface area contributed by atoms with Crippen molar-refractivity contribution in [1.29, 1.82) is 0 Å². The van der Waals surface area contributed by atoms with Crippen LogP contribution in [-0.4, -0.2) is 40.9 Å². The molecule has 2 heterocycles. The van der Waals surface area contributed by atoms with Crippen LogP contribution in [0.3, 0.4) is 0 Å². The summed E-state index contributed by atoms with van der Waals surface area (Å²) in [7, 11) is 0. The molecule has 0 fully saturated rings. The zero-order chi connectivity index (χ0) is 25.8. The first-order valence-electron chi connectivity index (χ1n) is 10.5. The van der Waals surface area contributed by atoms with E-state index in [4.69, 9.17) is 21.1 Å².